The van der Waals surface area contributed by atoms with Gasteiger partial charge in [-0.15, -0.1) is 0 Å². The second-order valence-electron chi connectivity index (χ2n) is 5.77. The highest BCUT2D eigenvalue weighted by Gasteiger charge is 2.15. The monoisotopic (exact) mass is 344 g/mol. The van der Waals surface area contributed by atoms with Gasteiger partial charge in [-0.3, -0.25) is 4.79 Å². The number of fused-ring (bicyclic) bond motifs is 1. The summed E-state index contributed by atoms with van der Waals surface area (Å²) in [7, 11) is 0. The van der Waals surface area contributed by atoms with Crippen molar-refractivity contribution in [3.63, 3.8) is 0 Å². The number of pyridine rings is 1. The van der Waals surface area contributed by atoms with Crippen LogP contribution in [-0.2, 0) is 0 Å². The highest BCUT2D eigenvalue weighted by Crippen LogP contribution is 2.25. The Hall–Kier alpha value is -3.67. The minimum Gasteiger partial charge on any atom is -0.463 e. The van der Waals surface area contributed by atoms with E-state index in [-0.39, 0.29) is 5.91 Å². The topological polar surface area (TPSA) is 83.3 Å². The van der Waals surface area contributed by atoms with Gasteiger partial charge in [-0.25, -0.2) is 10.4 Å². The zero-order valence-corrected chi connectivity index (χ0v) is 14.1. The van der Waals surface area contributed by atoms with Gasteiger partial charge in [0.1, 0.15) is 5.69 Å². The molecule has 0 saturated heterocycles. The van der Waals surface area contributed by atoms with Crippen molar-refractivity contribution in [2.45, 2.75) is 6.92 Å². The van der Waals surface area contributed by atoms with Crippen LogP contribution in [0.15, 0.2) is 76.6 Å². The smallest absolute Gasteiger partial charge is 0.272 e. The number of rotatable bonds is 4. The zero-order valence-electron chi connectivity index (χ0n) is 14.1. The number of carbonyl (C=O) groups is 1. The van der Waals surface area contributed by atoms with Crippen LogP contribution in [0.5, 0.6) is 0 Å². The summed E-state index contributed by atoms with van der Waals surface area (Å²) in [6, 6.07) is 16.6. The number of carbonyl (C=O) groups excluding carboxylic acids is 1. The van der Waals surface area contributed by atoms with Crippen LogP contribution in [0.25, 0.3) is 22.4 Å². The molecule has 3 aromatic heterocycles. The molecule has 0 saturated carbocycles. The second-order valence-corrected chi connectivity index (χ2v) is 5.77. The summed E-state index contributed by atoms with van der Waals surface area (Å²) >= 11 is 0. The van der Waals surface area contributed by atoms with Gasteiger partial charge in [-0.1, -0.05) is 18.2 Å². The third-order valence-electron chi connectivity index (χ3n) is 4.05. The van der Waals surface area contributed by atoms with Crippen molar-refractivity contribution >= 4 is 22.5 Å². The van der Waals surface area contributed by atoms with Crippen LogP contribution < -0.4 is 5.43 Å². The van der Waals surface area contributed by atoms with Crippen LogP contribution in [0.1, 0.15) is 23.0 Å². The summed E-state index contributed by atoms with van der Waals surface area (Å²) in [4.78, 5) is 20.4. The molecule has 2 N–H and O–H groups in total. The summed E-state index contributed by atoms with van der Waals surface area (Å²) in [5.41, 5.74) is 5.97. The Kier molecular flexibility index (Phi) is 4.07. The lowest BCUT2D eigenvalue weighted by Gasteiger charge is -2.08. The lowest BCUT2D eigenvalue weighted by molar-refractivity contribution is 0.0956. The number of aromatic nitrogens is 2. The van der Waals surface area contributed by atoms with Gasteiger partial charge < -0.3 is 9.40 Å². The highest BCUT2D eigenvalue weighted by atomic mass is 16.3. The number of hydrogen-bond donors (Lipinski definition) is 2. The third-order valence-corrected chi connectivity index (χ3v) is 4.05. The van der Waals surface area contributed by atoms with Crippen LogP contribution in [-0.4, -0.2) is 21.6 Å². The van der Waals surface area contributed by atoms with Gasteiger partial charge in [0.2, 0.25) is 0 Å². The molecule has 26 heavy (non-hydrogen) atoms. The van der Waals surface area contributed by atoms with Gasteiger partial charge >= 0.3 is 0 Å². The maximum atomic E-state index is 12.8. The van der Waals surface area contributed by atoms with Crippen molar-refractivity contribution in [3.05, 3.63) is 78.3 Å². The van der Waals surface area contributed by atoms with Crippen molar-refractivity contribution in [1.29, 1.82) is 0 Å². The molecule has 0 aliphatic heterocycles. The number of H-pyrrole nitrogens is 1. The molecule has 4 aromatic rings. The molecular formula is C20H16N4O2. The Morgan fingerprint density at radius 1 is 1.15 bits per heavy atom. The van der Waals surface area contributed by atoms with E-state index in [0.29, 0.717) is 22.7 Å². The molecule has 128 valence electrons. The minimum absolute atomic E-state index is 0.303. The number of amides is 1. The van der Waals surface area contributed by atoms with E-state index in [4.69, 9.17) is 4.42 Å². The summed E-state index contributed by atoms with van der Waals surface area (Å²) in [6.45, 7) is 1.82. The predicted octanol–water partition coefficient (Wildman–Crippen LogP) is 3.98. The molecule has 4 rings (SSSR count). The maximum Gasteiger partial charge on any atom is 0.272 e. The number of nitrogens with zero attached hydrogens (tertiary/aromatic N) is 2. The van der Waals surface area contributed by atoms with Gasteiger partial charge in [0.05, 0.1) is 28.7 Å². The number of benzene rings is 1. The normalized spacial score (nSPS) is 11.7. The molecule has 0 spiro atoms. The number of furan rings is 1. The molecule has 0 aliphatic carbocycles. The fraction of sp³-hybridized carbons (Fsp3) is 0.0500. The number of nitrogens with one attached hydrogen (secondary N) is 2. The van der Waals surface area contributed by atoms with Crippen molar-refractivity contribution in [3.8, 4) is 11.5 Å². The second kappa shape index (κ2) is 6.68. The van der Waals surface area contributed by atoms with Crippen molar-refractivity contribution in [1.82, 2.24) is 15.4 Å². The number of hydrogen-bond acceptors (Lipinski definition) is 4. The van der Waals surface area contributed by atoms with E-state index in [1.54, 1.807) is 18.4 Å². The first kappa shape index (κ1) is 15.8. The molecule has 0 fully saturated rings. The number of para-hydroxylation sites is 1. The first-order valence-corrected chi connectivity index (χ1v) is 8.14. The first-order valence-electron chi connectivity index (χ1n) is 8.14. The first-order chi connectivity index (χ1) is 12.7. The summed E-state index contributed by atoms with van der Waals surface area (Å²) in [5.74, 6) is 0.304. The average molecular weight is 344 g/mol. The van der Waals surface area contributed by atoms with E-state index in [0.717, 1.165) is 16.6 Å². The molecule has 1 aromatic carbocycles. The Morgan fingerprint density at radius 2 is 2.04 bits per heavy atom. The molecule has 0 aliphatic rings. The van der Waals surface area contributed by atoms with E-state index >= 15 is 0 Å². The van der Waals surface area contributed by atoms with Crippen LogP contribution in [0.2, 0.25) is 0 Å². The van der Waals surface area contributed by atoms with E-state index in [1.165, 1.54) is 0 Å². The predicted molar refractivity (Wildman–Crippen MR) is 99.9 cm³/mol. The van der Waals surface area contributed by atoms with Gasteiger partial charge in [0.15, 0.2) is 5.76 Å². The SMILES string of the molecule is CC(=NNC(=O)c1cc(-c2ccco2)nc2ccccc12)c1ccc[nH]1. The van der Waals surface area contributed by atoms with Gasteiger partial charge in [-0.2, -0.15) is 5.10 Å². The van der Waals surface area contributed by atoms with Gasteiger partial charge in [-0.05, 0) is 43.3 Å². The van der Waals surface area contributed by atoms with Crippen molar-refractivity contribution in [2.24, 2.45) is 5.10 Å². The molecule has 6 heteroatoms. The van der Waals surface area contributed by atoms with E-state index < -0.39 is 0 Å². The largest absolute Gasteiger partial charge is 0.463 e. The fourth-order valence-corrected chi connectivity index (χ4v) is 2.72. The van der Waals surface area contributed by atoms with Gasteiger partial charge in [0.25, 0.3) is 5.91 Å². The van der Waals surface area contributed by atoms with Crippen LogP contribution in [0.4, 0.5) is 0 Å². The zero-order chi connectivity index (χ0) is 17.9. The fourth-order valence-electron chi connectivity index (χ4n) is 2.72. The summed E-state index contributed by atoms with van der Waals surface area (Å²) in [6.07, 6.45) is 3.39. The third kappa shape index (κ3) is 3.00. The molecular weight excluding hydrogens is 328 g/mol. The van der Waals surface area contributed by atoms with Crippen molar-refractivity contribution in [2.75, 3.05) is 0 Å². The van der Waals surface area contributed by atoms with E-state index in [1.807, 2.05) is 55.6 Å². The van der Waals surface area contributed by atoms with Crippen LogP contribution in [0.3, 0.4) is 0 Å². The molecule has 3 heterocycles. The summed E-state index contributed by atoms with van der Waals surface area (Å²) in [5, 5.41) is 4.94. The lowest BCUT2D eigenvalue weighted by Crippen LogP contribution is -2.20. The Balaban J connectivity index is 1.72. The number of aromatic amines is 1. The molecule has 0 bridgehead atoms. The molecule has 0 unspecified atom stereocenters. The maximum absolute atomic E-state index is 12.8. The van der Waals surface area contributed by atoms with Crippen LogP contribution >= 0.6 is 0 Å². The Bertz CT molecular complexity index is 1080. The average Bonchev–Trinajstić information content (AvgIpc) is 3.38. The summed E-state index contributed by atoms with van der Waals surface area (Å²) < 4.78 is 5.42. The van der Waals surface area contributed by atoms with E-state index in [9.17, 15) is 4.79 Å². The Morgan fingerprint density at radius 3 is 2.81 bits per heavy atom. The quantitative estimate of drug-likeness (QED) is 0.434. The van der Waals surface area contributed by atoms with Gasteiger partial charge in [0, 0.05) is 11.6 Å². The van der Waals surface area contributed by atoms with Crippen molar-refractivity contribution < 1.29 is 9.21 Å². The molecule has 6 nitrogen and oxygen atoms in total. The van der Waals surface area contributed by atoms with Crippen LogP contribution in [0, 0.1) is 0 Å². The lowest BCUT2D eigenvalue weighted by atomic mass is 10.1. The Labute approximate surface area is 149 Å². The number of hydrazone groups is 1. The molecule has 0 radical (unpaired) electrons. The molecule has 1 amide bonds. The minimum atomic E-state index is -0.303. The molecule has 0 atom stereocenters. The van der Waals surface area contributed by atoms with E-state index in [2.05, 4.69) is 20.5 Å². The highest BCUT2D eigenvalue weighted by molar-refractivity contribution is 6.07. The standard InChI is InChI=1S/C20H16N4O2/c1-13(16-8-4-10-21-16)23-24-20(25)15-12-18(19-9-5-11-26-19)22-17-7-3-2-6-14(15)17/h2-12,21H,1H3,(H,24,25).